The summed E-state index contributed by atoms with van der Waals surface area (Å²) in [7, 11) is 0. The molecule has 0 bridgehead atoms. The van der Waals surface area contributed by atoms with Gasteiger partial charge in [0, 0.05) is 6.92 Å². The number of aryl methyl sites for hydroxylation is 1. The predicted molar refractivity (Wildman–Crippen MR) is 63.9 cm³/mol. The number of rotatable bonds is 6. The molecule has 0 aliphatic rings. The zero-order valence-corrected chi connectivity index (χ0v) is 10.7. The molecule has 86 valence electrons. The molecule has 1 aromatic heterocycles. The number of hydrogen-bond acceptors (Lipinski definition) is 0. The molecule has 0 radical (unpaired) electrons. The zero-order valence-electron chi connectivity index (χ0n) is 10.7. The van der Waals surface area contributed by atoms with Crippen LogP contribution in [-0.2, 0) is 6.54 Å². The van der Waals surface area contributed by atoms with Gasteiger partial charge in [-0.25, -0.2) is 9.13 Å². The van der Waals surface area contributed by atoms with E-state index >= 15 is 0 Å². The van der Waals surface area contributed by atoms with Gasteiger partial charge in [0.2, 0.25) is 0 Å². The van der Waals surface area contributed by atoms with Crippen molar-refractivity contribution in [3.8, 4) is 0 Å². The molecule has 0 saturated carbocycles. The van der Waals surface area contributed by atoms with Crippen LogP contribution >= 0.6 is 0 Å². The molecule has 0 unspecified atom stereocenters. The van der Waals surface area contributed by atoms with E-state index in [9.17, 15) is 0 Å². The van der Waals surface area contributed by atoms with Gasteiger partial charge in [-0.2, -0.15) is 0 Å². The Morgan fingerprint density at radius 1 is 1.27 bits per heavy atom. The first-order valence-corrected chi connectivity index (χ1v) is 6.23. The van der Waals surface area contributed by atoms with Crippen molar-refractivity contribution in [1.82, 2.24) is 4.57 Å². The first kappa shape index (κ1) is 12.3. The lowest BCUT2D eigenvalue weighted by atomic mass is 10.2. The molecule has 0 N–H and O–H groups in total. The lowest BCUT2D eigenvalue weighted by Gasteiger charge is -2.03. The predicted octanol–water partition coefficient (Wildman–Crippen LogP) is 3.25. The second kappa shape index (κ2) is 5.94. The number of nitrogens with zero attached hydrogens (tertiary/aromatic N) is 2. The number of aromatic nitrogens is 2. The molecule has 0 saturated heterocycles. The molecule has 2 heteroatoms. The third-order valence-corrected chi connectivity index (χ3v) is 3.01. The Morgan fingerprint density at radius 3 is 2.53 bits per heavy atom. The maximum Gasteiger partial charge on any atom is 0.253 e. The highest BCUT2D eigenvalue weighted by Crippen LogP contribution is 2.06. The fraction of sp³-hybridized carbons (Fsp3) is 0.769. The van der Waals surface area contributed by atoms with Gasteiger partial charge in [0.1, 0.15) is 12.4 Å². The van der Waals surface area contributed by atoms with Crippen LogP contribution in [0.5, 0.6) is 0 Å². The Hall–Kier alpha value is -0.790. The van der Waals surface area contributed by atoms with Crippen molar-refractivity contribution in [1.29, 1.82) is 0 Å². The van der Waals surface area contributed by atoms with Crippen LogP contribution in [0.15, 0.2) is 12.4 Å². The summed E-state index contributed by atoms with van der Waals surface area (Å²) in [5.74, 6) is 1.38. The molecule has 15 heavy (non-hydrogen) atoms. The lowest BCUT2D eigenvalue weighted by Crippen LogP contribution is -2.35. The molecule has 0 fully saturated rings. The summed E-state index contributed by atoms with van der Waals surface area (Å²) in [6, 6.07) is 0.571. The monoisotopic (exact) mass is 209 g/mol. The molecule has 0 aliphatic heterocycles. The summed E-state index contributed by atoms with van der Waals surface area (Å²) >= 11 is 0. The van der Waals surface area contributed by atoms with Gasteiger partial charge in [0.25, 0.3) is 5.82 Å². The summed E-state index contributed by atoms with van der Waals surface area (Å²) in [6.07, 6.45) is 9.75. The highest BCUT2D eigenvalue weighted by atomic mass is 15.2. The molecular formula is C13H25N2+. The maximum atomic E-state index is 2.37. The normalized spacial score (nSPS) is 11.3. The second-order valence-electron chi connectivity index (χ2n) is 4.60. The van der Waals surface area contributed by atoms with E-state index in [2.05, 4.69) is 49.2 Å². The van der Waals surface area contributed by atoms with Crippen LogP contribution in [0.4, 0.5) is 0 Å². The molecule has 0 aromatic carbocycles. The average molecular weight is 209 g/mol. The fourth-order valence-electron chi connectivity index (χ4n) is 2.01. The third-order valence-electron chi connectivity index (χ3n) is 3.01. The van der Waals surface area contributed by atoms with Crippen molar-refractivity contribution in [2.75, 3.05) is 0 Å². The zero-order chi connectivity index (χ0) is 11.3. The largest absolute Gasteiger partial charge is 0.253 e. The molecular weight excluding hydrogens is 184 g/mol. The van der Waals surface area contributed by atoms with E-state index < -0.39 is 0 Å². The quantitative estimate of drug-likeness (QED) is 0.502. The molecule has 1 rings (SSSR count). The second-order valence-corrected chi connectivity index (χ2v) is 4.60. The van der Waals surface area contributed by atoms with E-state index in [-0.39, 0.29) is 0 Å². The molecule has 0 aliphatic carbocycles. The molecule has 0 spiro atoms. The van der Waals surface area contributed by atoms with Crippen LogP contribution in [0.2, 0.25) is 0 Å². The number of unbranched alkanes of at least 4 members (excludes halogenated alkanes) is 3. The van der Waals surface area contributed by atoms with Crippen LogP contribution in [0.1, 0.15) is 58.3 Å². The SMILES string of the molecule is CCCCCC[n+]1ccn(C(C)C)c1C. The molecule has 2 nitrogen and oxygen atoms in total. The first-order chi connectivity index (χ1) is 7.16. The van der Waals surface area contributed by atoms with Crippen molar-refractivity contribution in [2.24, 2.45) is 0 Å². The minimum Gasteiger partial charge on any atom is -0.234 e. The van der Waals surface area contributed by atoms with Gasteiger partial charge >= 0.3 is 0 Å². The van der Waals surface area contributed by atoms with Crippen LogP contribution in [-0.4, -0.2) is 4.57 Å². The van der Waals surface area contributed by atoms with Crippen molar-refractivity contribution >= 4 is 0 Å². The van der Waals surface area contributed by atoms with Gasteiger partial charge in [-0.05, 0) is 26.7 Å². The Bertz CT molecular complexity index is 287. The Kier molecular flexibility index (Phi) is 4.86. The fourth-order valence-corrected chi connectivity index (χ4v) is 2.01. The van der Waals surface area contributed by atoms with Gasteiger partial charge in [-0.3, -0.25) is 0 Å². The minimum atomic E-state index is 0.571. The van der Waals surface area contributed by atoms with Crippen molar-refractivity contribution in [2.45, 2.75) is 66.0 Å². The van der Waals surface area contributed by atoms with Gasteiger partial charge in [-0.1, -0.05) is 19.8 Å². The van der Waals surface area contributed by atoms with Crippen LogP contribution in [0, 0.1) is 6.92 Å². The van der Waals surface area contributed by atoms with E-state index in [4.69, 9.17) is 0 Å². The topological polar surface area (TPSA) is 8.81 Å². The summed E-state index contributed by atoms with van der Waals surface area (Å²) in [5, 5.41) is 0. The summed E-state index contributed by atoms with van der Waals surface area (Å²) in [6.45, 7) is 10.1. The van der Waals surface area contributed by atoms with E-state index in [0.29, 0.717) is 6.04 Å². The molecule has 1 aromatic rings. The molecule has 1 heterocycles. The molecule has 0 amide bonds. The maximum absolute atomic E-state index is 2.37. The van der Waals surface area contributed by atoms with Gasteiger partial charge in [0.15, 0.2) is 0 Å². The van der Waals surface area contributed by atoms with Crippen molar-refractivity contribution < 1.29 is 4.57 Å². The van der Waals surface area contributed by atoms with E-state index in [1.807, 2.05) is 0 Å². The first-order valence-electron chi connectivity index (χ1n) is 6.23. The number of hydrogen-bond donors (Lipinski definition) is 0. The lowest BCUT2D eigenvalue weighted by molar-refractivity contribution is -0.703. The smallest absolute Gasteiger partial charge is 0.234 e. The average Bonchev–Trinajstić information content (AvgIpc) is 2.55. The summed E-state index contributed by atoms with van der Waals surface area (Å²) < 4.78 is 4.70. The van der Waals surface area contributed by atoms with E-state index in [1.54, 1.807) is 0 Å². The highest BCUT2D eigenvalue weighted by molar-refractivity contribution is 4.82. The highest BCUT2D eigenvalue weighted by Gasteiger charge is 2.13. The number of imidazole rings is 1. The van der Waals surface area contributed by atoms with Crippen LogP contribution < -0.4 is 4.57 Å². The van der Waals surface area contributed by atoms with Crippen molar-refractivity contribution in [3.63, 3.8) is 0 Å². The van der Waals surface area contributed by atoms with Crippen LogP contribution in [0.25, 0.3) is 0 Å². The Labute approximate surface area is 93.9 Å². The Morgan fingerprint density at radius 2 is 2.00 bits per heavy atom. The van der Waals surface area contributed by atoms with E-state index in [1.165, 1.54) is 38.1 Å². The van der Waals surface area contributed by atoms with Gasteiger partial charge < -0.3 is 0 Å². The van der Waals surface area contributed by atoms with Crippen LogP contribution in [0.3, 0.4) is 0 Å². The van der Waals surface area contributed by atoms with Gasteiger partial charge in [0.05, 0.1) is 12.6 Å². The standard InChI is InChI=1S/C13H25N2/c1-5-6-7-8-9-14-10-11-15(12(2)3)13(14)4/h10-12H,5-9H2,1-4H3/q+1. The third kappa shape index (κ3) is 3.37. The van der Waals surface area contributed by atoms with Gasteiger partial charge in [-0.15, -0.1) is 0 Å². The minimum absolute atomic E-state index is 0.571. The summed E-state index contributed by atoms with van der Waals surface area (Å²) in [5.41, 5.74) is 0. The molecule has 0 atom stereocenters. The summed E-state index contributed by atoms with van der Waals surface area (Å²) in [4.78, 5) is 0. The Balaban J connectivity index is 2.48. The van der Waals surface area contributed by atoms with Crippen molar-refractivity contribution in [3.05, 3.63) is 18.2 Å². The van der Waals surface area contributed by atoms with E-state index in [0.717, 1.165) is 0 Å².